The minimum absolute atomic E-state index is 0.192. The predicted octanol–water partition coefficient (Wildman–Crippen LogP) is 4.03. The number of rotatable bonds is 5. The standard InChI is InChI=1S/C18H27NO2/c1-4-14-8-10-15(11-9-14)16(5-2)19-13-7-6-12-18(19,3)17(20)21/h8-11,16H,4-7,12-13H2,1-3H3,(H,20,21). The number of hydrogen-bond acceptors (Lipinski definition) is 2. The van der Waals surface area contributed by atoms with E-state index in [2.05, 4.69) is 43.0 Å². The van der Waals surface area contributed by atoms with E-state index in [4.69, 9.17) is 0 Å². The summed E-state index contributed by atoms with van der Waals surface area (Å²) in [6.45, 7) is 7.06. The van der Waals surface area contributed by atoms with E-state index >= 15 is 0 Å². The minimum atomic E-state index is -0.734. The fraction of sp³-hybridized carbons (Fsp3) is 0.611. The summed E-state index contributed by atoms with van der Waals surface area (Å²) in [6, 6.07) is 8.87. The Morgan fingerprint density at radius 2 is 1.95 bits per heavy atom. The number of carbonyl (C=O) groups is 1. The highest BCUT2D eigenvalue weighted by Crippen LogP contribution is 2.37. The zero-order valence-electron chi connectivity index (χ0n) is 13.4. The molecule has 1 aromatic carbocycles. The van der Waals surface area contributed by atoms with Crippen LogP contribution in [0.25, 0.3) is 0 Å². The van der Waals surface area contributed by atoms with E-state index in [0.717, 1.165) is 38.6 Å². The van der Waals surface area contributed by atoms with Crippen LogP contribution in [0, 0.1) is 0 Å². The SMILES string of the molecule is CCc1ccc(C(CC)N2CCCCC2(C)C(=O)O)cc1. The summed E-state index contributed by atoms with van der Waals surface area (Å²) in [5.41, 5.74) is 1.83. The van der Waals surface area contributed by atoms with Crippen LogP contribution in [0.2, 0.25) is 0 Å². The van der Waals surface area contributed by atoms with Gasteiger partial charge in [-0.05, 0) is 56.7 Å². The normalized spacial score (nSPS) is 24.7. The lowest BCUT2D eigenvalue weighted by Crippen LogP contribution is -2.56. The molecule has 1 aliphatic rings. The number of hydrogen-bond donors (Lipinski definition) is 1. The highest BCUT2D eigenvalue weighted by Gasteiger charge is 2.44. The second kappa shape index (κ2) is 6.61. The Bertz CT molecular complexity index is 482. The first-order chi connectivity index (χ1) is 10.0. The van der Waals surface area contributed by atoms with Crippen molar-refractivity contribution in [2.24, 2.45) is 0 Å². The number of benzene rings is 1. The summed E-state index contributed by atoms with van der Waals surface area (Å²) in [6.07, 6.45) is 4.81. The molecule has 1 saturated heterocycles. The average molecular weight is 289 g/mol. The molecule has 1 aliphatic heterocycles. The van der Waals surface area contributed by atoms with Crippen molar-refractivity contribution in [3.63, 3.8) is 0 Å². The molecule has 0 amide bonds. The number of aliphatic carboxylic acids is 1. The largest absolute Gasteiger partial charge is 0.480 e. The molecule has 0 saturated carbocycles. The van der Waals surface area contributed by atoms with Crippen LogP contribution in [0.15, 0.2) is 24.3 Å². The van der Waals surface area contributed by atoms with Gasteiger partial charge in [-0.25, -0.2) is 0 Å². The maximum absolute atomic E-state index is 11.8. The number of likely N-dealkylation sites (tertiary alicyclic amines) is 1. The van der Waals surface area contributed by atoms with Crippen LogP contribution in [-0.2, 0) is 11.2 Å². The zero-order valence-corrected chi connectivity index (χ0v) is 13.4. The third-order valence-electron chi connectivity index (χ3n) is 4.94. The second-order valence-corrected chi connectivity index (χ2v) is 6.25. The molecule has 0 bridgehead atoms. The molecule has 3 heteroatoms. The lowest BCUT2D eigenvalue weighted by molar-refractivity contribution is -0.155. The molecule has 1 fully saturated rings. The van der Waals surface area contributed by atoms with E-state index in [1.165, 1.54) is 11.1 Å². The average Bonchev–Trinajstić information content (AvgIpc) is 2.50. The van der Waals surface area contributed by atoms with Gasteiger partial charge in [0.2, 0.25) is 0 Å². The molecule has 1 N–H and O–H groups in total. The third-order valence-corrected chi connectivity index (χ3v) is 4.94. The van der Waals surface area contributed by atoms with Gasteiger partial charge < -0.3 is 5.11 Å². The fourth-order valence-electron chi connectivity index (χ4n) is 3.48. The van der Waals surface area contributed by atoms with E-state index in [0.29, 0.717) is 0 Å². The molecule has 21 heavy (non-hydrogen) atoms. The first-order valence-electron chi connectivity index (χ1n) is 8.12. The number of nitrogens with zero attached hydrogens (tertiary/aromatic N) is 1. The molecule has 116 valence electrons. The van der Waals surface area contributed by atoms with Crippen molar-refractivity contribution in [3.05, 3.63) is 35.4 Å². The monoisotopic (exact) mass is 289 g/mol. The molecule has 0 spiro atoms. The molecular formula is C18H27NO2. The quantitative estimate of drug-likeness (QED) is 0.889. The van der Waals surface area contributed by atoms with Crippen LogP contribution < -0.4 is 0 Å². The summed E-state index contributed by atoms with van der Waals surface area (Å²) in [4.78, 5) is 14.0. The number of carboxylic acid groups (broad SMARTS) is 1. The predicted molar refractivity (Wildman–Crippen MR) is 85.4 cm³/mol. The lowest BCUT2D eigenvalue weighted by atomic mass is 9.85. The van der Waals surface area contributed by atoms with Crippen molar-refractivity contribution >= 4 is 5.97 Å². The molecule has 0 aromatic heterocycles. The van der Waals surface area contributed by atoms with Gasteiger partial charge in [-0.2, -0.15) is 0 Å². The van der Waals surface area contributed by atoms with Crippen molar-refractivity contribution in [3.8, 4) is 0 Å². The Morgan fingerprint density at radius 3 is 2.48 bits per heavy atom. The highest BCUT2D eigenvalue weighted by atomic mass is 16.4. The van der Waals surface area contributed by atoms with Crippen LogP contribution in [0.4, 0.5) is 0 Å². The molecule has 2 rings (SSSR count). The van der Waals surface area contributed by atoms with Crippen molar-refractivity contribution in [1.82, 2.24) is 4.90 Å². The number of piperidine rings is 1. The van der Waals surface area contributed by atoms with E-state index in [1.807, 2.05) is 6.92 Å². The molecule has 1 heterocycles. The highest BCUT2D eigenvalue weighted by molar-refractivity contribution is 5.78. The van der Waals surface area contributed by atoms with Gasteiger partial charge in [-0.1, -0.05) is 38.1 Å². The smallest absolute Gasteiger partial charge is 0.323 e. The molecule has 0 radical (unpaired) electrons. The van der Waals surface area contributed by atoms with Gasteiger partial charge in [0.15, 0.2) is 0 Å². The van der Waals surface area contributed by atoms with Crippen LogP contribution in [0.1, 0.15) is 63.6 Å². The van der Waals surface area contributed by atoms with Crippen LogP contribution in [-0.4, -0.2) is 28.1 Å². The molecule has 1 aromatic rings. The van der Waals surface area contributed by atoms with Gasteiger partial charge >= 0.3 is 5.97 Å². The maximum atomic E-state index is 11.8. The first kappa shape index (κ1) is 16.0. The van der Waals surface area contributed by atoms with Gasteiger partial charge in [0.05, 0.1) is 0 Å². The first-order valence-corrected chi connectivity index (χ1v) is 8.12. The van der Waals surface area contributed by atoms with E-state index in [1.54, 1.807) is 0 Å². The fourth-order valence-corrected chi connectivity index (χ4v) is 3.48. The van der Waals surface area contributed by atoms with Crippen molar-refractivity contribution < 1.29 is 9.90 Å². The Labute approximate surface area is 128 Å². The number of carboxylic acids is 1. The topological polar surface area (TPSA) is 40.5 Å². The summed E-state index contributed by atoms with van der Waals surface area (Å²) in [5, 5.41) is 9.70. The van der Waals surface area contributed by atoms with Crippen molar-refractivity contribution in [2.75, 3.05) is 6.54 Å². The summed E-state index contributed by atoms with van der Waals surface area (Å²) in [7, 11) is 0. The summed E-state index contributed by atoms with van der Waals surface area (Å²) >= 11 is 0. The van der Waals surface area contributed by atoms with E-state index < -0.39 is 11.5 Å². The summed E-state index contributed by atoms with van der Waals surface area (Å²) in [5.74, 6) is -0.689. The maximum Gasteiger partial charge on any atom is 0.323 e. The van der Waals surface area contributed by atoms with Crippen molar-refractivity contribution in [1.29, 1.82) is 0 Å². The van der Waals surface area contributed by atoms with Crippen molar-refractivity contribution in [2.45, 2.75) is 64.5 Å². The van der Waals surface area contributed by atoms with Gasteiger partial charge in [0, 0.05) is 6.04 Å². The molecule has 0 aliphatic carbocycles. The van der Waals surface area contributed by atoms with Crippen LogP contribution in [0.3, 0.4) is 0 Å². The van der Waals surface area contributed by atoms with Gasteiger partial charge in [0.1, 0.15) is 5.54 Å². The zero-order chi connectivity index (χ0) is 15.5. The minimum Gasteiger partial charge on any atom is -0.480 e. The number of aryl methyl sites for hydroxylation is 1. The summed E-state index contributed by atoms with van der Waals surface area (Å²) < 4.78 is 0. The van der Waals surface area contributed by atoms with Crippen LogP contribution >= 0.6 is 0 Å². The lowest BCUT2D eigenvalue weighted by Gasteiger charge is -2.46. The van der Waals surface area contributed by atoms with Gasteiger partial charge in [-0.3, -0.25) is 9.69 Å². The Kier molecular flexibility index (Phi) is 5.04. The molecule has 3 nitrogen and oxygen atoms in total. The molecule has 2 atom stereocenters. The molecular weight excluding hydrogens is 262 g/mol. The van der Waals surface area contributed by atoms with Gasteiger partial charge in [0.25, 0.3) is 0 Å². The van der Waals surface area contributed by atoms with Crippen LogP contribution in [0.5, 0.6) is 0 Å². The Morgan fingerprint density at radius 1 is 1.29 bits per heavy atom. The third kappa shape index (κ3) is 3.13. The Hall–Kier alpha value is -1.35. The molecule has 2 unspecified atom stereocenters. The Balaban J connectivity index is 2.31. The second-order valence-electron chi connectivity index (χ2n) is 6.25. The van der Waals surface area contributed by atoms with E-state index in [-0.39, 0.29) is 6.04 Å². The van der Waals surface area contributed by atoms with E-state index in [9.17, 15) is 9.90 Å². The van der Waals surface area contributed by atoms with Gasteiger partial charge in [-0.15, -0.1) is 0 Å².